The average molecular weight is 889 g/mol. The Morgan fingerprint density at radius 1 is 0.613 bits per heavy atom. The van der Waals surface area contributed by atoms with E-state index in [9.17, 15) is 27.2 Å². The second-order valence-electron chi connectivity index (χ2n) is 13.2. The molecule has 2 amide bonds. The summed E-state index contributed by atoms with van der Waals surface area (Å²) in [5.74, 6) is -3.89. The Hall–Kier alpha value is -6.50. The number of benzene rings is 2. The van der Waals surface area contributed by atoms with Gasteiger partial charge in [-0.05, 0) is 61.4 Å². The lowest BCUT2D eigenvalue weighted by atomic mass is 9.98. The number of carbonyl (C=O) groups excluding carboxylic acids is 2. The highest BCUT2D eigenvalue weighted by Crippen LogP contribution is 2.38. The molecule has 3 aliphatic heterocycles. The molecule has 13 nitrogen and oxygen atoms in total. The lowest BCUT2D eigenvalue weighted by Crippen LogP contribution is -2.17. The van der Waals surface area contributed by atoms with Crippen molar-refractivity contribution < 1.29 is 50.8 Å². The second kappa shape index (κ2) is 19.9. The van der Waals surface area contributed by atoms with Gasteiger partial charge in [0.15, 0.2) is 11.5 Å². The van der Waals surface area contributed by atoms with Crippen molar-refractivity contribution in [2.24, 2.45) is 0 Å². The van der Waals surface area contributed by atoms with Crippen LogP contribution < -0.4 is 29.6 Å². The standard InChI is InChI=1S/2C19H12ClF2N3O3.C4H7BO/c2*20-11-8-14-19(28-7-6-27-14)25-17(11)10-4-5-15(23-9-10)24-18(26)16-12(21)2-1-3-13(16)22;5-4-2-1-3-6-4/h2*1-5,8-9H,6-7H2,(H,23,24,26);4H,1-3H2. The maximum absolute atomic E-state index is 13.7. The van der Waals surface area contributed by atoms with Gasteiger partial charge in [-0.3, -0.25) is 9.59 Å². The van der Waals surface area contributed by atoms with Crippen molar-refractivity contribution >= 4 is 54.5 Å². The van der Waals surface area contributed by atoms with Crippen LogP contribution in [0.1, 0.15) is 33.6 Å². The van der Waals surface area contributed by atoms with Crippen molar-refractivity contribution in [1.29, 1.82) is 0 Å². The quantitative estimate of drug-likeness (QED) is 0.122. The minimum absolute atomic E-state index is 0.0463. The van der Waals surface area contributed by atoms with Crippen molar-refractivity contribution in [3.63, 3.8) is 0 Å². The van der Waals surface area contributed by atoms with E-state index in [2.05, 4.69) is 30.6 Å². The molecule has 1 atom stereocenters. The van der Waals surface area contributed by atoms with Gasteiger partial charge in [0.1, 0.15) is 80.3 Å². The highest BCUT2D eigenvalue weighted by atomic mass is 35.5. The van der Waals surface area contributed by atoms with Gasteiger partial charge in [0, 0.05) is 48.3 Å². The van der Waals surface area contributed by atoms with Crippen molar-refractivity contribution in [3.05, 3.63) is 130 Å². The number of halogens is 6. The minimum atomic E-state index is -0.957. The maximum atomic E-state index is 13.7. The molecule has 2 N–H and O–H groups in total. The van der Waals surface area contributed by atoms with Crippen molar-refractivity contribution in [2.75, 3.05) is 43.7 Å². The molecule has 2 radical (unpaired) electrons. The number of fused-ring (bicyclic) bond motifs is 2. The predicted molar refractivity (Wildman–Crippen MR) is 220 cm³/mol. The number of hydrogen-bond donors (Lipinski definition) is 2. The monoisotopic (exact) mass is 888 g/mol. The number of nitrogens with one attached hydrogen (secondary N) is 2. The molecule has 2 aromatic carbocycles. The van der Waals surface area contributed by atoms with E-state index < -0.39 is 46.2 Å². The Labute approximate surface area is 362 Å². The number of pyridine rings is 4. The molecule has 9 rings (SSSR count). The van der Waals surface area contributed by atoms with Crippen LogP contribution in [0.2, 0.25) is 10.0 Å². The van der Waals surface area contributed by atoms with Crippen LogP contribution in [-0.4, -0.2) is 78.6 Å². The third-order valence-electron chi connectivity index (χ3n) is 8.88. The first-order valence-corrected chi connectivity index (χ1v) is 19.4. The summed E-state index contributed by atoms with van der Waals surface area (Å²) in [5.41, 5.74) is 0.636. The molecular weight excluding hydrogens is 858 g/mol. The van der Waals surface area contributed by atoms with Crippen LogP contribution in [0.4, 0.5) is 29.2 Å². The zero-order valence-electron chi connectivity index (χ0n) is 32.1. The van der Waals surface area contributed by atoms with Gasteiger partial charge in [0.25, 0.3) is 23.6 Å². The van der Waals surface area contributed by atoms with E-state index >= 15 is 0 Å². The van der Waals surface area contributed by atoms with Gasteiger partial charge in [0.2, 0.25) is 0 Å². The molecular formula is C42H31BCl2F4N6O7. The van der Waals surface area contributed by atoms with Crippen molar-refractivity contribution in [3.8, 4) is 45.8 Å². The molecule has 20 heteroatoms. The Bertz CT molecular complexity index is 2380. The number of amides is 2. The van der Waals surface area contributed by atoms with Crippen LogP contribution >= 0.6 is 23.2 Å². The van der Waals surface area contributed by atoms with Gasteiger partial charge in [-0.15, -0.1) is 0 Å². The van der Waals surface area contributed by atoms with Gasteiger partial charge in [-0.2, -0.15) is 0 Å². The number of aromatic nitrogens is 4. The van der Waals surface area contributed by atoms with Crippen molar-refractivity contribution in [1.82, 2.24) is 19.9 Å². The van der Waals surface area contributed by atoms with Crippen LogP contribution in [0.5, 0.6) is 23.3 Å². The van der Waals surface area contributed by atoms with E-state index in [4.69, 9.17) is 54.7 Å². The molecule has 1 saturated heterocycles. The molecule has 7 heterocycles. The molecule has 0 saturated carbocycles. The van der Waals surface area contributed by atoms with E-state index in [0.29, 0.717) is 82.2 Å². The fourth-order valence-electron chi connectivity index (χ4n) is 5.91. The molecule has 0 bridgehead atoms. The number of ether oxygens (including phenoxy) is 5. The van der Waals surface area contributed by atoms with E-state index in [0.717, 1.165) is 43.7 Å². The molecule has 4 aromatic heterocycles. The number of carbonyl (C=O) groups is 2. The molecule has 316 valence electrons. The third kappa shape index (κ3) is 10.5. The molecule has 6 aromatic rings. The molecule has 0 spiro atoms. The lowest BCUT2D eigenvalue weighted by Gasteiger charge is -2.18. The lowest BCUT2D eigenvalue weighted by molar-refractivity contribution is 0.101. The van der Waals surface area contributed by atoms with Gasteiger partial charge in [-0.1, -0.05) is 35.3 Å². The number of hydrogen-bond acceptors (Lipinski definition) is 11. The van der Waals surface area contributed by atoms with E-state index in [-0.39, 0.29) is 17.6 Å². The first-order valence-electron chi connectivity index (χ1n) is 18.7. The van der Waals surface area contributed by atoms with Crippen LogP contribution in [0.25, 0.3) is 22.5 Å². The Morgan fingerprint density at radius 2 is 1.03 bits per heavy atom. The fourth-order valence-corrected chi connectivity index (χ4v) is 6.42. The number of anilines is 2. The largest absolute Gasteiger partial charge is 0.484 e. The van der Waals surface area contributed by atoms with E-state index in [1.807, 2.05) is 0 Å². The SMILES string of the molecule is O=C(Nc1ccc(-c2nc3c(cc2Cl)OCCO3)cn1)c1c(F)cccc1F.O=C(Nc1ccc(-c2nc3c(cc2Cl)OCCO3)cn1)c1c(F)cccc1F.[B]C1CCCO1. The summed E-state index contributed by atoms with van der Waals surface area (Å²) in [5, 5.41) is 5.40. The van der Waals surface area contributed by atoms with Crippen LogP contribution in [-0.2, 0) is 4.74 Å². The summed E-state index contributed by atoms with van der Waals surface area (Å²) in [6.45, 7) is 2.47. The highest BCUT2D eigenvalue weighted by molar-refractivity contribution is 6.33. The van der Waals surface area contributed by atoms with Crippen LogP contribution in [0.15, 0.2) is 85.2 Å². The third-order valence-corrected chi connectivity index (χ3v) is 9.45. The van der Waals surface area contributed by atoms with E-state index in [1.54, 1.807) is 24.3 Å². The summed E-state index contributed by atoms with van der Waals surface area (Å²) in [7, 11) is 5.31. The average Bonchev–Trinajstić information content (AvgIpc) is 3.75. The first kappa shape index (κ1) is 43.6. The predicted octanol–water partition coefficient (Wildman–Crippen LogP) is 8.49. The molecule has 0 aliphatic carbocycles. The Kier molecular flexibility index (Phi) is 14.0. The smallest absolute Gasteiger partial charge is 0.262 e. The highest BCUT2D eigenvalue weighted by Gasteiger charge is 2.22. The zero-order chi connectivity index (χ0) is 43.8. The molecule has 62 heavy (non-hydrogen) atoms. The van der Waals surface area contributed by atoms with Gasteiger partial charge in [0.05, 0.1) is 21.4 Å². The number of nitrogens with zero attached hydrogens (tertiary/aromatic N) is 4. The van der Waals surface area contributed by atoms with Crippen LogP contribution in [0.3, 0.4) is 0 Å². The second-order valence-corrected chi connectivity index (χ2v) is 14.0. The minimum Gasteiger partial charge on any atom is -0.484 e. The topological polar surface area (TPSA) is 156 Å². The summed E-state index contributed by atoms with van der Waals surface area (Å²) in [4.78, 5) is 41.1. The zero-order valence-corrected chi connectivity index (χ0v) is 33.6. The van der Waals surface area contributed by atoms with E-state index in [1.165, 1.54) is 36.7 Å². The summed E-state index contributed by atoms with van der Waals surface area (Å²) in [6, 6.07) is 15.8. The maximum Gasteiger partial charge on any atom is 0.262 e. The van der Waals surface area contributed by atoms with Gasteiger partial charge >= 0.3 is 0 Å². The normalized spacial score (nSPS) is 14.6. The molecule has 1 unspecified atom stereocenters. The molecule has 1 fully saturated rings. The Morgan fingerprint density at radius 3 is 1.37 bits per heavy atom. The Balaban J connectivity index is 0.000000164. The van der Waals surface area contributed by atoms with Crippen molar-refractivity contribution in [2.45, 2.75) is 18.8 Å². The van der Waals surface area contributed by atoms with Gasteiger partial charge in [-0.25, -0.2) is 37.5 Å². The summed E-state index contributed by atoms with van der Waals surface area (Å²) in [6.07, 6.45) is 5.04. The number of rotatable bonds is 6. The van der Waals surface area contributed by atoms with Crippen LogP contribution in [0, 0.1) is 23.3 Å². The first-order chi connectivity index (χ1) is 29.9. The van der Waals surface area contributed by atoms with Gasteiger partial charge < -0.3 is 34.3 Å². The fraction of sp³-hybridized carbons (Fsp3) is 0.190. The summed E-state index contributed by atoms with van der Waals surface area (Å²) < 4.78 is 81.5. The molecule has 3 aliphatic rings. The summed E-state index contributed by atoms with van der Waals surface area (Å²) >= 11 is 12.5.